The maximum absolute atomic E-state index is 10.1. The average molecular weight is 234 g/mol. The van der Waals surface area contributed by atoms with E-state index in [1.807, 2.05) is 0 Å². The Bertz CT molecular complexity index is 223. The molecule has 0 aliphatic rings. The van der Waals surface area contributed by atoms with Gasteiger partial charge in [0.2, 0.25) is 0 Å². The number of carbonyl (C=O) groups is 2. The van der Waals surface area contributed by atoms with Crippen molar-refractivity contribution in [1.82, 2.24) is 0 Å². The van der Waals surface area contributed by atoms with Crippen LogP contribution in [-0.2, 0) is 9.59 Å². The van der Waals surface area contributed by atoms with E-state index in [1.165, 1.54) is 13.8 Å². The number of hydrogen-bond acceptors (Lipinski definition) is 4. The summed E-state index contributed by atoms with van der Waals surface area (Å²) in [5.41, 5.74) is 8.44. The second kappa shape index (κ2) is 6.44. The van der Waals surface area contributed by atoms with Crippen LogP contribution in [0.1, 0.15) is 40.5 Å². The molecule has 0 spiro atoms. The van der Waals surface area contributed by atoms with Crippen LogP contribution in [0.3, 0.4) is 0 Å². The Labute approximate surface area is 95.6 Å². The summed E-state index contributed by atoms with van der Waals surface area (Å²) in [6.07, 6.45) is 0.921. The average Bonchev–Trinajstić information content (AvgIpc) is 2.18. The molecule has 0 heterocycles. The summed E-state index contributed by atoms with van der Waals surface area (Å²) in [6, 6.07) is 0. The first-order chi connectivity index (χ1) is 7.01. The molecular weight excluding hydrogens is 212 g/mol. The molecule has 2 atom stereocenters. The molecule has 1 unspecified atom stereocenters. The van der Waals surface area contributed by atoms with Crippen molar-refractivity contribution in [2.75, 3.05) is 0 Å². The Morgan fingerprint density at radius 1 is 0.938 bits per heavy atom. The Kier molecular flexibility index (Phi) is 6.95. The molecule has 6 nitrogen and oxygen atoms in total. The first-order valence-corrected chi connectivity index (χ1v) is 5.05. The lowest BCUT2D eigenvalue weighted by Crippen LogP contribution is -2.43. The maximum atomic E-state index is 10.1. The van der Waals surface area contributed by atoms with Gasteiger partial charge < -0.3 is 21.7 Å². The lowest BCUT2D eigenvalue weighted by molar-refractivity contribution is -0.143. The fourth-order valence-corrected chi connectivity index (χ4v) is 0.302. The number of aliphatic carboxylic acids is 2. The lowest BCUT2D eigenvalue weighted by atomic mass is 10.0. The second-order valence-corrected chi connectivity index (χ2v) is 4.15. The fourth-order valence-electron chi connectivity index (χ4n) is 0.302. The largest absolute Gasteiger partial charge is 0.480 e. The van der Waals surface area contributed by atoms with Crippen molar-refractivity contribution in [2.45, 2.75) is 51.6 Å². The van der Waals surface area contributed by atoms with Gasteiger partial charge in [-0.05, 0) is 26.7 Å². The van der Waals surface area contributed by atoms with E-state index in [9.17, 15) is 9.59 Å². The highest BCUT2D eigenvalue weighted by Gasteiger charge is 2.24. The third kappa shape index (κ3) is 6.36. The van der Waals surface area contributed by atoms with Crippen LogP contribution >= 0.6 is 0 Å². The van der Waals surface area contributed by atoms with Gasteiger partial charge in [-0.25, -0.2) is 0 Å². The van der Waals surface area contributed by atoms with Crippen LogP contribution in [0.5, 0.6) is 0 Å². The molecule has 16 heavy (non-hydrogen) atoms. The zero-order valence-corrected chi connectivity index (χ0v) is 10.3. The summed E-state index contributed by atoms with van der Waals surface area (Å²) < 4.78 is 0. The van der Waals surface area contributed by atoms with Gasteiger partial charge in [-0.1, -0.05) is 13.8 Å². The molecule has 0 fully saturated rings. The SMILES string of the molecule is CCC(C)(N)C(=O)O.CC[C@](C)(N)C(=O)O. The molecule has 0 aliphatic heterocycles. The van der Waals surface area contributed by atoms with E-state index in [4.69, 9.17) is 21.7 Å². The molecule has 0 rings (SSSR count). The van der Waals surface area contributed by atoms with Crippen LogP contribution in [0.2, 0.25) is 0 Å². The number of rotatable bonds is 4. The van der Waals surface area contributed by atoms with Crippen LogP contribution in [-0.4, -0.2) is 33.2 Å². The highest BCUT2D eigenvalue weighted by atomic mass is 16.4. The standard InChI is InChI=1S/2C5H11NO2/c2*1-3-5(2,6)4(7)8/h2*3,6H2,1-2H3,(H,7,8)/t5-;/m0./s1. The highest BCUT2D eigenvalue weighted by molar-refractivity contribution is 5.78. The summed E-state index contributed by atoms with van der Waals surface area (Å²) in [5, 5.41) is 16.6. The van der Waals surface area contributed by atoms with Gasteiger partial charge in [-0.3, -0.25) is 9.59 Å². The predicted molar refractivity (Wildman–Crippen MR) is 61.0 cm³/mol. The number of hydrogen-bond donors (Lipinski definition) is 4. The van der Waals surface area contributed by atoms with Gasteiger partial charge in [0, 0.05) is 0 Å². The third-order valence-electron chi connectivity index (χ3n) is 2.45. The van der Waals surface area contributed by atoms with E-state index >= 15 is 0 Å². The lowest BCUT2D eigenvalue weighted by Gasteiger charge is -2.14. The normalized spacial score (nSPS) is 17.4. The van der Waals surface area contributed by atoms with E-state index in [2.05, 4.69) is 0 Å². The van der Waals surface area contributed by atoms with Crippen molar-refractivity contribution in [1.29, 1.82) is 0 Å². The van der Waals surface area contributed by atoms with Gasteiger partial charge in [-0.2, -0.15) is 0 Å². The summed E-state index contributed by atoms with van der Waals surface area (Å²) in [5.74, 6) is -1.89. The number of carboxylic acid groups (broad SMARTS) is 2. The van der Waals surface area contributed by atoms with Crippen molar-refractivity contribution in [3.63, 3.8) is 0 Å². The van der Waals surface area contributed by atoms with Crippen LogP contribution in [0.25, 0.3) is 0 Å². The first kappa shape index (κ1) is 17.3. The Morgan fingerprint density at radius 3 is 1.12 bits per heavy atom. The predicted octanol–water partition coefficient (Wildman–Crippen LogP) is 0.397. The van der Waals surface area contributed by atoms with Crippen molar-refractivity contribution in [2.24, 2.45) is 11.5 Å². The third-order valence-corrected chi connectivity index (χ3v) is 2.45. The van der Waals surface area contributed by atoms with Crippen LogP contribution < -0.4 is 11.5 Å². The van der Waals surface area contributed by atoms with Crippen LogP contribution in [0.4, 0.5) is 0 Å². The quantitative estimate of drug-likeness (QED) is 0.557. The Morgan fingerprint density at radius 2 is 1.12 bits per heavy atom. The molecular formula is C10H22N2O4. The number of carboxylic acids is 2. The van der Waals surface area contributed by atoms with Gasteiger partial charge in [0.1, 0.15) is 11.1 Å². The summed E-state index contributed by atoms with van der Waals surface area (Å²) in [4.78, 5) is 20.3. The maximum Gasteiger partial charge on any atom is 0.323 e. The van der Waals surface area contributed by atoms with Crippen molar-refractivity contribution >= 4 is 11.9 Å². The molecule has 96 valence electrons. The molecule has 0 aromatic rings. The molecule has 0 bridgehead atoms. The molecule has 0 radical (unpaired) electrons. The molecule has 0 aliphatic carbocycles. The molecule has 6 heteroatoms. The smallest absolute Gasteiger partial charge is 0.323 e. The molecule has 0 saturated heterocycles. The zero-order valence-electron chi connectivity index (χ0n) is 10.3. The summed E-state index contributed by atoms with van der Waals surface area (Å²) in [7, 11) is 0. The molecule has 6 N–H and O–H groups in total. The first-order valence-electron chi connectivity index (χ1n) is 5.05. The van der Waals surface area contributed by atoms with Gasteiger partial charge in [0.15, 0.2) is 0 Å². The van der Waals surface area contributed by atoms with Gasteiger partial charge in [0.05, 0.1) is 0 Å². The van der Waals surface area contributed by atoms with Crippen molar-refractivity contribution in [3.05, 3.63) is 0 Å². The minimum Gasteiger partial charge on any atom is -0.480 e. The number of nitrogens with two attached hydrogens (primary N) is 2. The topological polar surface area (TPSA) is 127 Å². The van der Waals surface area contributed by atoms with E-state index in [0.29, 0.717) is 12.8 Å². The minimum atomic E-state index is -1.04. The summed E-state index contributed by atoms with van der Waals surface area (Å²) in [6.45, 7) is 6.48. The summed E-state index contributed by atoms with van der Waals surface area (Å²) >= 11 is 0. The molecule has 0 amide bonds. The van der Waals surface area contributed by atoms with Crippen molar-refractivity contribution in [3.8, 4) is 0 Å². The second-order valence-electron chi connectivity index (χ2n) is 4.15. The van der Waals surface area contributed by atoms with Gasteiger partial charge in [0.25, 0.3) is 0 Å². The van der Waals surface area contributed by atoms with Crippen molar-refractivity contribution < 1.29 is 19.8 Å². The minimum absolute atomic E-state index is 0.461. The monoisotopic (exact) mass is 234 g/mol. The fraction of sp³-hybridized carbons (Fsp3) is 0.800. The van der Waals surface area contributed by atoms with Crippen LogP contribution in [0, 0.1) is 0 Å². The Balaban J connectivity index is 0. The van der Waals surface area contributed by atoms with Crippen LogP contribution in [0.15, 0.2) is 0 Å². The van der Waals surface area contributed by atoms with E-state index in [1.54, 1.807) is 13.8 Å². The van der Waals surface area contributed by atoms with E-state index in [-0.39, 0.29) is 0 Å². The highest BCUT2D eigenvalue weighted by Crippen LogP contribution is 2.03. The molecule has 0 aromatic carbocycles. The van der Waals surface area contributed by atoms with E-state index < -0.39 is 23.0 Å². The zero-order chi connectivity index (χ0) is 13.6. The molecule has 0 aromatic heterocycles. The van der Waals surface area contributed by atoms with Gasteiger partial charge in [-0.15, -0.1) is 0 Å². The molecule has 0 saturated carbocycles. The Hall–Kier alpha value is -1.14. The van der Waals surface area contributed by atoms with E-state index in [0.717, 1.165) is 0 Å². The van der Waals surface area contributed by atoms with Gasteiger partial charge >= 0.3 is 11.9 Å².